The number of sulfonamides is 1. The molecule has 178 valence electrons. The predicted molar refractivity (Wildman–Crippen MR) is 132 cm³/mol. The molecule has 0 aliphatic carbocycles. The van der Waals surface area contributed by atoms with Crippen LogP contribution in [0.2, 0.25) is 0 Å². The maximum absolute atomic E-state index is 13.6. The van der Waals surface area contributed by atoms with Gasteiger partial charge in [0, 0.05) is 6.07 Å². The number of aryl methyl sites for hydroxylation is 2. The highest BCUT2D eigenvalue weighted by Gasteiger charge is 2.29. The van der Waals surface area contributed by atoms with Crippen molar-refractivity contribution >= 4 is 27.8 Å². The maximum atomic E-state index is 13.6. The van der Waals surface area contributed by atoms with Crippen molar-refractivity contribution in [3.05, 3.63) is 83.4 Å². The molecule has 3 aromatic carbocycles. The predicted octanol–water partition coefficient (Wildman–Crippen LogP) is 3.67. The average Bonchev–Trinajstić information content (AvgIpc) is 2.82. The van der Waals surface area contributed by atoms with Gasteiger partial charge in [-0.3, -0.25) is 9.10 Å². The van der Waals surface area contributed by atoms with Gasteiger partial charge in [-0.15, -0.1) is 0 Å². The van der Waals surface area contributed by atoms with E-state index in [4.69, 9.17) is 9.47 Å². The minimum Gasteiger partial charge on any atom is -0.497 e. The Morgan fingerprint density at radius 3 is 2.35 bits per heavy atom. The second-order valence-corrected chi connectivity index (χ2v) is 9.43. The number of benzene rings is 3. The molecule has 1 N–H and O–H groups in total. The quantitative estimate of drug-likeness (QED) is 0.372. The van der Waals surface area contributed by atoms with Gasteiger partial charge in [-0.05, 0) is 43.7 Å². The molecule has 3 rings (SSSR count). The third-order valence-corrected chi connectivity index (χ3v) is 6.77. The number of carbonyl (C=O) groups excluding carboxylic acids is 1. The molecule has 0 bridgehead atoms. The summed E-state index contributed by atoms with van der Waals surface area (Å²) >= 11 is 0. The molecule has 9 heteroatoms. The van der Waals surface area contributed by atoms with Crippen molar-refractivity contribution in [2.45, 2.75) is 18.7 Å². The number of anilines is 1. The molecular weight excluding hydrogens is 454 g/mol. The van der Waals surface area contributed by atoms with Gasteiger partial charge in [0.2, 0.25) is 0 Å². The summed E-state index contributed by atoms with van der Waals surface area (Å²) in [5.41, 5.74) is 5.37. The first kappa shape index (κ1) is 24.8. The van der Waals surface area contributed by atoms with Gasteiger partial charge in [-0.25, -0.2) is 13.8 Å². The zero-order valence-corrected chi connectivity index (χ0v) is 20.3. The smallest absolute Gasteiger partial charge is 0.264 e. The summed E-state index contributed by atoms with van der Waals surface area (Å²) < 4.78 is 38.7. The maximum Gasteiger partial charge on any atom is 0.264 e. The molecule has 8 nitrogen and oxygen atoms in total. The van der Waals surface area contributed by atoms with E-state index in [0.29, 0.717) is 5.75 Å². The van der Waals surface area contributed by atoms with Gasteiger partial charge < -0.3 is 9.47 Å². The van der Waals surface area contributed by atoms with Crippen LogP contribution in [0.5, 0.6) is 11.5 Å². The first-order valence-electron chi connectivity index (χ1n) is 10.4. The normalized spacial score (nSPS) is 11.3. The summed E-state index contributed by atoms with van der Waals surface area (Å²) in [6.07, 6.45) is 1.50. The standard InChI is InChI=1S/C25H27N3O5S/c1-18-8-11-22(12-9-18)34(30,31)28(23-13-10-21(32-3)15-24(23)33-4)17-25(29)27-26-16-20-7-5-6-19(2)14-20/h5-16H,17H2,1-4H3,(H,27,29)/b26-16-. The molecule has 0 aliphatic rings. The molecule has 0 radical (unpaired) electrons. The van der Waals surface area contributed by atoms with Crippen LogP contribution >= 0.6 is 0 Å². The Bertz CT molecular complexity index is 1290. The van der Waals surface area contributed by atoms with Crippen molar-refractivity contribution in [1.82, 2.24) is 5.43 Å². The summed E-state index contributed by atoms with van der Waals surface area (Å²) in [5, 5.41) is 3.97. The lowest BCUT2D eigenvalue weighted by Gasteiger charge is -2.25. The fourth-order valence-corrected chi connectivity index (χ4v) is 4.65. The van der Waals surface area contributed by atoms with Crippen molar-refractivity contribution in [1.29, 1.82) is 0 Å². The summed E-state index contributed by atoms with van der Waals surface area (Å²) in [4.78, 5) is 12.8. The Morgan fingerprint density at radius 2 is 1.71 bits per heavy atom. The van der Waals surface area contributed by atoms with E-state index in [1.54, 1.807) is 24.3 Å². The van der Waals surface area contributed by atoms with E-state index in [-0.39, 0.29) is 16.3 Å². The molecule has 3 aromatic rings. The molecule has 0 spiro atoms. The largest absolute Gasteiger partial charge is 0.497 e. The van der Waals surface area contributed by atoms with Gasteiger partial charge in [-0.2, -0.15) is 5.10 Å². The first-order valence-corrected chi connectivity index (χ1v) is 11.9. The van der Waals surface area contributed by atoms with Gasteiger partial charge >= 0.3 is 0 Å². The summed E-state index contributed by atoms with van der Waals surface area (Å²) in [7, 11) is -1.19. The lowest BCUT2D eigenvalue weighted by Crippen LogP contribution is -2.39. The third-order valence-electron chi connectivity index (χ3n) is 5.00. The number of amides is 1. The summed E-state index contributed by atoms with van der Waals surface area (Å²) in [5.74, 6) is 0.115. The lowest BCUT2D eigenvalue weighted by atomic mass is 10.2. The van der Waals surface area contributed by atoms with E-state index in [1.165, 1.54) is 38.6 Å². The molecule has 0 saturated carbocycles. The van der Waals surface area contributed by atoms with Gasteiger partial charge in [0.1, 0.15) is 18.0 Å². The molecule has 0 saturated heterocycles. The number of hydrogen-bond acceptors (Lipinski definition) is 6. The minimum atomic E-state index is -4.10. The number of hydrogen-bond donors (Lipinski definition) is 1. The third kappa shape index (κ3) is 5.93. The van der Waals surface area contributed by atoms with E-state index < -0.39 is 22.5 Å². The van der Waals surface area contributed by atoms with Crippen LogP contribution < -0.4 is 19.2 Å². The van der Waals surface area contributed by atoms with Gasteiger partial charge in [0.25, 0.3) is 15.9 Å². The van der Waals surface area contributed by atoms with Gasteiger partial charge in [0.15, 0.2) is 0 Å². The van der Waals surface area contributed by atoms with Crippen LogP contribution in [0.15, 0.2) is 76.7 Å². The number of nitrogens with one attached hydrogen (secondary N) is 1. The fraction of sp³-hybridized carbons (Fsp3) is 0.200. The summed E-state index contributed by atoms with van der Waals surface area (Å²) in [6.45, 7) is 3.30. The molecule has 0 unspecified atom stereocenters. The molecule has 0 aromatic heterocycles. The topological polar surface area (TPSA) is 97.3 Å². The van der Waals surface area contributed by atoms with Crippen molar-refractivity contribution in [2.75, 3.05) is 25.1 Å². The zero-order chi connectivity index (χ0) is 24.7. The van der Waals surface area contributed by atoms with E-state index in [0.717, 1.165) is 21.0 Å². The number of methoxy groups -OCH3 is 2. The van der Waals surface area contributed by atoms with Crippen LogP contribution in [-0.2, 0) is 14.8 Å². The van der Waals surface area contributed by atoms with Crippen molar-refractivity contribution in [2.24, 2.45) is 5.10 Å². The summed E-state index contributed by atoms with van der Waals surface area (Å²) in [6, 6.07) is 18.7. The van der Waals surface area contributed by atoms with Crippen LogP contribution in [0.25, 0.3) is 0 Å². The highest BCUT2D eigenvalue weighted by atomic mass is 32.2. The molecule has 0 fully saturated rings. The second kappa shape index (κ2) is 10.8. The Morgan fingerprint density at radius 1 is 0.971 bits per heavy atom. The Kier molecular flexibility index (Phi) is 7.91. The van der Waals surface area contributed by atoms with Crippen molar-refractivity contribution in [3.63, 3.8) is 0 Å². The number of nitrogens with zero attached hydrogens (tertiary/aromatic N) is 2. The molecule has 0 aliphatic heterocycles. The SMILES string of the molecule is COc1ccc(N(CC(=O)N/N=C\c2cccc(C)c2)S(=O)(=O)c2ccc(C)cc2)c(OC)c1. The zero-order valence-electron chi connectivity index (χ0n) is 19.5. The average molecular weight is 482 g/mol. The lowest BCUT2D eigenvalue weighted by molar-refractivity contribution is -0.119. The minimum absolute atomic E-state index is 0.0482. The number of ether oxygens (including phenoxy) is 2. The fourth-order valence-electron chi connectivity index (χ4n) is 3.22. The Balaban J connectivity index is 1.93. The van der Waals surface area contributed by atoms with Crippen LogP contribution in [0.1, 0.15) is 16.7 Å². The van der Waals surface area contributed by atoms with Crippen molar-refractivity contribution in [3.8, 4) is 11.5 Å². The molecular formula is C25H27N3O5S. The van der Waals surface area contributed by atoms with E-state index in [2.05, 4.69) is 10.5 Å². The van der Waals surface area contributed by atoms with Crippen molar-refractivity contribution < 1.29 is 22.7 Å². The van der Waals surface area contributed by atoms with Crippen LogP contribution in [0, 0.1) is 13.8 Å². The molecule has 0 atom stereocenters. The van der Waals surface area contributed by atoms with Crippen LogP contribution in [0.3, 0.4) is 0 Å². The molecule has 0 heterocycles. The second-order valence-electron chi connectivity index (χ2n) is 7.57. The van der Waals surface area contributed by atoms with E-state index in [9.17, 15) is 13.2 Å². The van der Waals surface area contributed by atoms with Crippen LogP contribution in [-0.4, -0.2) is 41.3 Å². The molecule has 34 heavy (non-hydrogen) atoms. The van der Waals surface area contributed by atoms with Gasteiger partial charge in [-0.1, -0.05) is 47.5 Å². The first-order chi connectivity index (χ1) is 16.2. The van der Waals surface area contributed by atoms with Crippen LogP contribution in [0.4, 0.5) is 5.69 Å². The number of carbonyl (C=O) groups is 1. The number of hydrazone groups is 1. The highest BCUT2D eigenvalue weighted by molar-refractivity contribution is 7.92. The number of rotatable bonds is 9. The Hall–Kier alpha value is -3.85. The van der Waals surface area contributed by atoms with E-state index >= 15 is 0 Å². The Labute approximate surface area is 199 Å². The highest BCUT2D eigenvalue weighted by Crippen LogP contribution is 2.35. The monoisotopic (exact) mass is 481 g/mol. The van der Waals surface area contributed by atoms with E-state index in [1.807, 2.05) is 38.1 Å². The molecule has 1 amide bonds. The van der Waals surface area contributed by atoms with Gasteiger partial charge in [0.05, 0.1) is 31.0 Å².